The number of rotatable bonds is 5. The lowest BCUT2D eigenvalue weighted by molar-refractivity contribution is -0.117. The number of aromatic nitrogens is 1. The van der Waals surface area contributed by atoms with Crippen LogP contribution in [0.5, 0.6) is 11.5 Å². The second-order valence-electron chi connectivity index (χ2n) is 9.30. The second kappa shape index (κ2) is 9.33. The molecular formula is C25H29FN4O3. The van der Waals surface area contributed by atoms with Gasteiger partial charge in [-0.3, -0.25) is 19.4 Å². The van der Waals surface area contributed by atoms with Crippen LogP contribution in [0.2, 0.25) is 0 Å². The predicted octanol–water partition coefficient (Wildman–Crippen LogP) is 3.81. The first-order chi connectivity index (χ1) is 15.7. The first kappa shape index (κ1) is 22.9. The van der Waals surface area contributed by atoms with E-state index in [4.69, 9.17) is 4.74 Å². The number of aromatic amines is 1. The van der Waals surface area contributed by atoms with Crippen molar-refractivity contribution < 1.29 is 13.9 Å². The summed E-state index contributed by atoms with van der Waals surface area (Å²) in [4.78, 5) is 31.1. The zero-order chi connectivity index (χ0) is 23.6. The summed E-state index contributed by atoms with van der Waals surface area (Å²) in [7, 11) is 0. The van der Waals surface area contributed by atoms with Crippen LogP contribution in [-0.4, -0.2) is 59.0 Å². The SMILES string of the molecule is CC(C)(C)N1CCN(CC(=O)Nc2ccc(Oc3ccc4[nH]c(=O)ccc4c3)c(F)c2)CC1. The van der Waals surface area contributed by atoms with Gasteiger partial charge in [0.15, 0.2) is 11.6 Å². The molecule has 174 valence electrons. The molecule has 2 aromatic carbocycles. The van der Waals surface area contributed by atoms with Gasteiger partial charge < -0.3 is 15.0 Å². The minimum atomic E-state index is -0.576. The first-order valence-electron chi connectivity index (χ1n) is 11.1. The molecule has 1 saturated heterocycles. The maximum absolute atomic E-state index is 14.6. The number of hydrogen-bond acceptors (Lipinski definition) is 5. The number of hydrogen-bond donors (Lipinski definition) is 2. The molecule has 0 bridgehead atoms. The molecule has 0 unspecified atom stereocenters. The minimum Gasteiger partial charge on any atom is -0.454 e. The second-order valence-corrected chi connectivity index (χ2v) is 9.30. The van der Waals surface area contributed by atoms with Crippen LogP contribution in [0.1, 0.15) is 20.8 Å². The Kier molecular flexibility index (Phi) is 6.49. The highest BCUT2D eigenvalue weighted by Crippen LogP contribution is 2.28. The van der Waals surface area contributed by atoms with Gasteiger partial charge >= 0.3 is 0 Å². The van der Waals surface area contributed by atoms with Gasteiger partial charge in [0, 0.05) is 60.4 Å². The molecule has 4 rings (SSSR count). The Morgan fingerprint density at radius 1 is 1.06 bits per heavy atom. The number of nitrogens with zero attached hydrogens (tertiary/aromatic N) is 2. The summed E-state index contributed by atoms with van der Waals surface area (Å²) in [5.41, 5.74) is 0.996. The molecular weight excluding hydrogens is 423 g/mol. The number of ether oxygens (including phenoxy) is 1. The first-order valence-corrected chi connectivity index (χ1v) is 11.1. The fraction of sp³-hybridized carbons (Fsp3) is 0.360. The van der Waals surface area contributed by atoms with E-state index in [1.165, 1.54) is 18.2 Å². The number of fused-ring (bicyclic) bond motifs is 1. The summed E-state index contributed by atoms with van der Waals surface area (Å²) in [6.45, 7) is 10.3. The lowest BCUT2D eigenvalue weighted by atomic mass is 10.1. The lowest BCUT2D eigenvalue weighted by Crippen LogP contribution is -2.54. The summed E-state index contributed by atoms with van der Waals surface area (Å²) in [6, 6.07) is 12.6. The number of pyridine rings is 1. The minimum absolute atomic E-state index is 0.0510. The number of piperazine rings is 1. The van der Waals surface area contributed by atoms with Gasteiger partial charge in [-0.25, -0.2) is 4.39 Å². The molecule has 1 aliphatic rings. The summed E-state index contributed by atoms with van der Waals surface area (Å²) < 4.78 is 20.3. The van der Waals surface area contributed by atoms with Gasteiger partial charge in [-0.2, -0.15) is 0 Å². The zero-order valence-electron chi connectivity index (χ0n) is 19.2. The fourth-order valence-corrected chi connectivity index (χ4v) is 3.96. The maximum atomic E-state index is 14.6. The largest absolute Gasteiger partial charge is 0.454 e. The van der Waals surface area contributed by atoms with Crippen molar-refractivity contribution in [3.8, 4) is 11.5 Å². The van der Waals surface area contributed by atoms with Crippen molar-refractivity contribution in [1.82, 2.24) is 14.8 Å². The number of halogens is 1. The van der Waals surface area contributed by atoms with E-state index in [1.807, 2.05) is 0 Å². The van der Waals surface area contributed by atoms with E-state index < -0.39 is 5.82 Å². The van der Waals surface area contributed by atoms with E-state index in [1.54, 1.807) is 30.3 Å². The fourth-order valence-electron chi connectivity index (χ4n) is 3.96. The van der Waals surface area contributed by atoms with Gasteiger partial charge in [0.1, 0.15) is 5.75 Å². The Morgan fingerprint density at radius 2 is 1.82 bits per heavy atom. The Balaban J connectivity index is 1.34. The van der Waals surface area contributed by atoms with Crippen LogP contribution in [0.15, 0.2) is 53.3 Å². The number of anilines is 1. The van der Waals surface area contributed by atoms with Crippen molar-refractivity contribution in [3.05, 3.63) is 64.7 Å². The van der Waals surface area contributed by atoms with Crippen molar-refractivity contribution in [2.24, 2.45) is 0 Å². The molecule has 0 aliphatic carbocycles. The standard InChI is InChI=1S/C25H29FN4O3/c1-25(2,3)30-12-10-29(11-13-30)16-24(32)27-18-5-8-22(20(26)15-18)33-19-6-7-21-17(14-19)4-9-23(31)28-21/h4-9,14-15H,10-13,16H2,1-3H3,(H,27,32)(H,28,31). The number of H-pyrrole nitrogens is 1. The topological polar surface area (TPSA) is 77.7 Å². The highest BCUT2D eigenvalue weighted by molar-refractivity contribution is 5.92. The number of amides is 1. The lowest BCUT2D eigenvalue weighted by Gasteiger charge is -2.42. The summed E-state index contributed by atoms with van der Waals surface area (Å²) in [5.74, 6) is -0.251. The molecule has 33 heavy (non-hydrogen) atoms. The molecule has 1 fully saturated rings. The van der Waals surface area contributed by atoms with E-state index in [0.29, 0.717) is 17.0 Å². The Labute approximate surface area is 192 Å². The molecule has 0 spiro atoms. The highest BCUT2D eigenvalue weighted by Gasteiger charge is 2.26. The van der Waals surface area contributed by atoms with Crippen LogP contribution in [0, 0.1) is 5.82 Å². The monoisotopic (exact) mass is 452 g/mol. The van der Waals surface area contributed by atoms with Crippen LogP contribution in [-0.2, 0) is 4.79 Å². The van der Waals surface area contributed by atoms with Crippen molar-refractivity contribution in [3.63, 3.8) is 0 Å². The van der Waals surface area contributed by atoms with E-state index >= 15 is 0 Å². The van der Waals surface area contributed by atoms with Gasteiger partial charge in [0.05, 0.1) is 6.54 Å². The van der Waals surface area contributed by atoms with Crippen LogP contribution < -0.4 is 15.6 Å². The number of carbonyl (C=O) groups is 1. The molecule has 2 N–H and O–H groups in total. The van der Waals surface area contributed by atoms with E-state index in [2.05, 4.69) is 40.9 Å². The van der Waals surface area contributed by atoms with E-state index in [-0.39, 0.29) is 29.3 Å². The quantitative estimate of drug-likeness (QED) is 0.616. The van der Waals surface area contributed by atoms with Gasteiger partial charge in [0.2, 0.25) is 11.5 Å². The van der Waals surface area contributed by atoms with Crippen LogP contribution >= 0.6 is 0 Å². The third-order valence-corrected chi connectivity index (χ3v) is 5.83. The third kappa shape index (κ3) is 5.77. The molecule has 0 radical (unpaired) electrons. The zero-order valence-corrected chi connectivity index (χ0v) is 19.2. The van der Waals surface area contributed by atoms with Crippen molar-refractivity contribution in [1.29, 1.82) is 0 Å². The molecule has 3 aromatic rings. The number of benzene rings is 2. The summed E-state index contributed by atoms with van der Waals surface area (Å²) in [5, 5.41) is 3.55. The molecule has 2 heterocycles. The average molecular weight is 453 g/mol. The Bertz CT molecular complexity index is 1210. The molecule has 1 amide bonds. The molecule has 1 aromatic heterocycles. The van der Waals surface area contributed by atoms with Crippen molar-refractivity contribution in [2.75, 3.05) is 38.0 Å². The summed E-state index contributed by atoms with van der Waals surface area (Å²) >= 11 is 0. The summed E-state index contributed by atoms with van der Waals surface area (Å²) in [6.07, 6.45) is 0. The van der Waals surface area contributed by atoms with E-state index in [9.17, 15) is 14.0 Å². The van der Waals surface area contributed by atoms with E-state index in [0.717, 1.165) is 31.6 Å². The van der Waals surface area contributed by atoms with Gasteiger partial charge in [-0.1, -0.05) is 0 Å². The van der Waals surface area contributed by atoms with Gasteiger partial charge in [-0.05, 0) is 57.2 Å². The van der Waals surface area contributed by atoms with Gasteiger partial charge in [-0.15, -0.1) is 0 Å². The number of nitrogens with one attached hydrogen (secondary N) is 2. The highest BCUT2D eigenvalue weighted by atomic mass is 19.1. The Morgan fingerprint density at radius 3 is 2.52 bits per heavy atom. The molecule has 0 saturated carbocycles. The van der Waals surface area contributed by atoms with Crippen LogP contribution in [0.25, 0.3) is 10.9 Å². The van der Waals surface area contributed by atoms with Gasteiger partial charge in [0.25, 0.3) is 0 Å². The molecule has 7 nitrogen and oxygen atoms in total. The van der Waals surface area contributed by atoms with Crippen LogP contribution in [0.4, 0.5) is 10.1 Å². The molecule has 8 heteroatoms. The van der Waals surface area contributed by atoms with Crippen molar-refractivity contribution in [2.45, 2.75) is 26.3 Å². The van der Waals surface area contributed by atoms with Crippen LogP contribution in [0.3, 0.4) is 0 Å². The smallest absolute Gasteiger partial charge is 0.248 e. The Hall–Kier alpha value is -3.23. The maximum Gasteiger partial charge on any atom is 0.248 e. The van der Waals surface area contributed by atoms with Crippen molar-refractivity contribution >= 4 is 22.5 Å². The number of carbonyl (C=O) groups excluding carboxylic acids is 1. The molecule has 0 atom stereocenters. The normalized spacial score (nSPS) is 15.5. The average Bonchev–Trinajstić information content (AvgIpc) is 2.75. The predicted molar refractivity (Wildman–Crippen MR) is 127 cm³/mol. The third-order valence-electron chi connectivity index (χ3n) is 5.83. The molecule has 1 aliphatic heterocycles.